The van der Waals surface area contributed by atoms with E-state index < -0.39 is 0 Å². The highest BCUT2D eigenvalue weighted by Gasteiger charge is 2.13. The Labute approximate surface area is 131 Å². The topological polar surface area (TPSA) is 38.5 Å². The van der Waals surface area contributed by atoms with Crippen molar-refractivity contribution in [2.24, 2.45) is 11.7 Å². The maximum atomic E-state index is 6.32. The van der Waals surface area contributed by atoms with Crippen molar-refractivity contribution in [1.82, 2.24) is 4.90 Å². The molecule has 1 unspecified atom stereocenters. The van der Waals surface area contributed by atoms with Gasteiger partial charge in [-0.3, -0.25) is 0 Å². The molecule has 0 fully saturated rings. The minimum absolute atomic E-state index is 0.0720. The summed E-state index contributed by atoms with van der Waals surface area (Å²) in [6, 6.07) is 8.27. The molecule has 0 aromatic heterocycles. The predicted molar refractivity (Wildman–Crippen MR) is 88.8 cm³/mol. The number of rotatable bonds is 9. The van der Waals surface area contributed by atoms with E-state index in [9.17, 15) is 0 Å². The smallest absolute Gasteiger partial charge is 0.0589 e. The van der Waals surface area contributed by atoms with Gasteiger partial charge in [0.1, 0.15) is 0 Å². The molecule has 1 aromatic carbocycles. The van der Waals surface area contributed by atoms with E-state index in [0.29, 0.717) is 5.92 Å². The molecule has 0 amide bonds. The van der Waals surface area contributed by atoms with Gasteiger partial charge in [-0.2, -0.15) is 0 Å². The van der Waals surface area contributed by atoms with E-state index in [-0.39, 0.29) is 6.04 Å². The molecule has 1 rings (SSSR count). The first-order chi connectivity index (χ1) is 9.54. The standard InChI is InChI=1S/C16H27BrN2O/c1-13(2)12-19(10-11-20-3)9-8-16(18)14-6-4-5-7-15(14)17/h4-7,13,16H,8-12,18H2,1-3H3. The van der Waals surface area contributed by atoms with Crippen LogP contribution in [0.5, 0.6) is 0 Å². The van der Waals surface area contributed by atoms with Gasteiger partial charge in [-0.1, -0.05) is 48.0 Å². The van der Waals surface area contributed by atoms with Crippen LogP contribution in [0.25, 0.3) is 0 Å². The molecule has 0 saturated carbocycles. The van der Waals surface area contributed by atoms with Gasteiger partial charge in [-0.05, 0) is 24.0 Å². The molecule has 1 atom stereocenters. The highest BCUT2D eigenvalue weighted by Crippen LogP contribution is 2.23. The molecule has 0 spiro atoms. The van der Waals surface area contributed by atoms with Gasteiger partial charge >= 0.3 is 0 Å². The summed E-state index contributed by atoms with van der Waals surface area (Å²) in [6.45, 7) is 8.32. The van der Waals surface area contributed by atoms with Crippen molar-refractivity contribution in [1.29, 1.82) is 0 Å². The Morgan fingerprint density at radius 2 is 1.95 bits per heavy atom. The van der Waals surface area contributed by atoms with Crippen molar-refractivity contribution in [3.8, 4) is 0 Å². The number of benzene rings is 1. The van der Waals surface area contributed by atoms with E-state index in [4.69, 9.17) is 10.5 Å². The molecule has 0 bridgehead atoms. The van der Waals surface area contributed by atoms with Crippen molar-refractivity contribution in [3.63, 3.8) is 0 Å². The van der Waals surface area contributed by atoms with Crippen LogP contribution in [-0.2, 0) is 4.74 Å². The Morgan fingerprint density at radius 1 is 1.25 bits per heavy atom. The molecule has 0 saturated heterocycles. The van der Waals surface area contributed by atoms with E-state index in [1.165, 1.54) is 5.56 Å². The van der Waals surface area contributed by atoms with E-state index in [1.807, 2.05) is 18.2 Å². The fourth-order valence-corrected chi connectivity index (χ4v) is 2.86. The fraction of sp³-hybridized carbons (Fsp3) is 0.625. The number of hydrogen-bond donors (Lipinski definition) is 1. The van der Waals surface area contributed by atoms with E-state index in [0.717, 1.165) is 37.1 Å². The second-order valence-corrected chi connectivity index (χ2v) is 6.46. The quantitative estimate of drug-likeness (QED) is 0.746. The largest absolute Gasteiger partial charge is 0.383 e. The maximum absolute atomic E-state index is 6.32. The van der Waals surface area contributed by atoms with Crippen LogP contribution in [0.15, 0.2) is 28.7 Å². The lowest BCUT2D eigenvalue weighted by Crippen LogP contribution is -2.33. The Kier molecular flexibility index (Phi) is 8.38. The summed E-state index contributed by atoms with van der Waals surface area (Å²) in [6.07, 6.45) is 0.957. The van der Waals surface area contributed by atoms with Gasteiger partial charge in [0.2, 0.25) is 0 Å². The molecule has 2 N–H and O–H groups in total. The normalized spacial score (nSPS) is 13.2. The van der Waals surface area contributed by atoms with Gasteiger partial charge in [-0.25, -0.2) is 0 Å². The molecule has 0 aliphatic rings. The van der Waals surface area contributed by atoms with Gasteiger partial charge in [0.25, 0.3) is 0 Å². The highest BCUT2D eigenvalue weighted by molar-refractivity contribution is 9.10. The average Bonchev–Trinajstić information content (AvgIpc) is 2.41. The first-order valence-electron chi connectivity index (χ1n) is 7.26. The molecule has 0 aliphatic carbocycles. The maximum Gasteiger partial charge on any atom is 0.0589 e. The number of halogens is 1. The number of hydrogen-bond acceptors (Lipinski definition) is 3. The number of nitrogens with zero attached hydrogens (tertiary/aromatic N) is 1. The SMILES string of the molecule is COCCN(CCC(N)c1ccccc1Br)CC(C)C. The van der Waals surface area contributed by atoms with Gasteiger partial charge in [0.05, 0.1) is 6.61 Å². The van der Waals surface area contributed by atoms with Crippen LogP contribution < -0.4 is 5.73 Å². The Morgan fingerprint density at radius 3 is 2.55 bits per heavy atom. The summed E-state index contributed by atoms with van der Waals surface area (Å²) in [4.78, 5) is 2.44. The molecule has 0 aliphatic heterocycles. The molecule has 0 radical (unpaired) electrons. The van der Waals surface area contributed by atoms with Crippen molar-refractivity contribution < 1.29 is 4.74 Å². The molecular formula is C16H27BrN2O. The second-order valence-electron chi connectivity index (χ2n) is 5.60. The van der Waals surface area contributed by atoms with Crippen molar-refractivity contribution in [3.05, 3.63) is 34.3 Å². The Bertz CT molecular complexity index is 384. The van der Waals surface area contributed by atoms with Crippen LogP contribution in [0.1, 0.15) is 31.9 Å². The lowest BCUT2D eigenvalue weighted by molar-refractivity contribution is 0.138. The molecule has 0 heterocycles. The van der Waals surface area contributed by atoms with E-state index in [2.05, 4.69) is 40.7 Å². The Hall–Kier alpha value is -0.420. The number of nitrogens with two attached hydrogens (primary N) is 1. The third kappa shape index (κ3) is 6.35. The summed E-state index contributed by atoms with van der Waals surface area (Å²) in [5, 5.41) is 0. The molecular weight excluding hydrogens is 316 g/mol. The van der Waals surface area contributed by atoms with Crippen molar-refractivity contribution >= 4 is 15.9 Å². The predicted octanol–water partition coefficient (Wildman–Crippen LogP) is 3.44. The van der Waals surface area contributed by atoms with Gasteiger partial charge in [0, 0.05) is 37.3 Å². The number of methoxy groups -OCH3 is 1. The summed E-state index contributed by atoms with van der Waals surface area (Å²) in [7, 11) is 1.75. The summed E-state index contributed by atoms with van der Waals surface area (Å²) in [5.74, 6) is 0.659. The van der Waals surface area contributed by atoms with Crippen LogP contribution in [0.4, 0.5) is 0 Å². The monoisotopic (exact) mass is 342 g/mol. The van der Waals surface area contributed by atoms with E-state index in [1.54, 1.807) is 7.11 Å². The zero-order valence-corrected chi connectivity index (χ0v) is 14.4. The minimum atomic E-state index is 0.0720. The van der Waals surface area contributed by atoms with Crippen LogP contribution in [0.3, 0.4) is 0 Å². The van der Waals surface area contributed by atoms with Crippen LogP contribution >= 0.6 is 15.9 Å². The molecule has 4 heteroatoms. The lowest BCUT2D eigenvalue weighted by Gasteiger charge is -2.25. The van der Waals surface area contributed by atoms with Gasteiger partial charge in [-0.15, -0.1) is 0 Å². The molecule has 20 heavy (non-hydrogen) atoms. The zero-order chi connectivity index (χ0) is 15.0. The van der Waals surface area contributed by atoms with Crippen molar-refractivity contribution in [2.45, 2.75) is 26.3 Å². The minimum Gasteiger partial charge on any atom is -0.383 e. The Balaban J connectivity index is 2.51. The lowest BCUT2D eigenvalue weighted by atomic mass is 10.0. The van der Waals surface area contributed by atoms with Crippen LogP contribution in [0.2, 0.25) is 0 Å². The van der Waals surface area contributed by atoms with Gasteiger partial charge < -0.3 is 15.4 Å². The first kappa shape index (κ1) is 17.6. The van der Waals surface area contributed by atoms with Crippen molar-refractivity contribution in [2.75, 3.05) is 33.4 Å². The van der Waals surface area contributed by atoms with Crippen LogP contribution in [0, 0.1) is 5.92 Å². The average molecular weight is 343 g/mol. The third-order valence-corrected chi connectivity index (χ3v) is 4.02. The second kappa shape index (κ2) is 9.50. The molecule has 114 valence electrons. The van der Waals surface area contributed by atoms with Crippen LogP contribution in [-0.4, -0.2) is 38.3 Å². The fourth-order valence-electron chi connectivity index (χ4n) is 2.28. The summed E-state index contributed by atoms with van der Waals surface area (Å²) in [5.41, 5.74) is 7.50. The number of ether oxygens (including phenoxy) is 1. The molecule has 3 nitrogen and oxygen atoms in total. The third-order valence-electron chi connectivity index (χ3n) is 3.30. The summed E-state index contributed by atoms with van der Waals surface area (Å²) >= 11 is 3.57. The highest BCUT2D eigenvalue weighted by atomic mass is 79.9. The summed E-state index contributed by atoms with van der Waals surface area (Å²) < 4.78 is 6.28. The van der Waals surface area contributed by atoms with E-state index >= 15 is 0 Å². The molecule has 1 aromatic rings. The van der Waals surface area contributed by atoms with Gasteiger partial charge in [0.15, 0.2) is 0 Å². The zero-order valence-electron chi connectivity index (χ0n) is 12.8. The first-order valence-corrected chi connectivity index (χ1v) is 8.05.